The largest absolute Gasteiger partial charge is 0.381 e. The van der Waals surface area contributed by atoms with Gasteiger partial charge in [0.05, 0.1) is 16.4 Å². The van der Waals surface area contributed by atoms with E-state index in [0.717, 1.165) is 50.8 Å². The van der Waals surface area contributed by atoms with Crippen LogP contribution < -0.4 is 5.32 Å². The molecule has 0 aromatic carbocycles. The first-order chi connectivity index (χ1) is 14.9. The van der Waals surface area contributed by atoms with E-state index in [1.54, 1.807) is 24.6 Å². The first kappa shape index (κ1) is 20.1. The second kappa shape index (κ2) is 7.72. The highest BCUT2D eigenvalue weighted by molar-refractivity contribution is 7.22. The summed E-state index contributed by atoms with van der Waals surface area (Å²) in [6, 6.07) is 2.75. The SMILES string of the molecule is CO[C@H]1C[C@@H](Nc2nc(-c3nccn3C)nc3sc(-c4ccn(C(C)C)n4)c(C)c23)C1. The molecule has 0 spiro atoms. The highest BCUT2D eigenvalue weighted by Gasteiger charge is 2.30. The zero-order valence-corrected chi connectivity index (χ0v) is 19.3. The third-order valence-electron chi connectivity index (χ3n) is 5.95. The number of ether oxygens (including phenoxy) is 1. The maximum absolute atomic E-state index is 5.45. The summed E-state index contributed by atoms with van der Waals surface area (Å²) in [4.78, 5) is 16.4. The highest BCUT2D eigenvalue weighted by Crippen LogP contribution is 2.41. The molecule has 8 nitrogen and oxygen atoms in total. The van der Waals surface area contributed by atoms with Crippen LogP contribution in [0, 0.1) is 6.92 Å². The zero-order chi connectivity index (χ0) is 21.7. The van der Waals surface area contributed by atoms with Gasteiger partial charge in [-0.25, -0.2) is 15.0 Å². The molecule has 1 N–H and O–H groups in total. The number of aromatic nitrogens is 6. The molecule has 0 bridgehead atoms. The maximum Gasteiger partial charge on any atom is 0.199 e. The van der Waals surface area contributed by atoms with E-state index in [0.29, 0.717) is 24.0 Å². The highest BCUT2D eigenvalue weighted by atomic mass is 32.1. The van der Waals surface area contributed by atoms with E-state index in [9.17, 15) is 0 Å². The number of nitrogens with zero attached hydrogens (tertiary/aromatic N) is 6. The van der Waals surface area contributed by atoms with Crippen molar-refractivity contribution in [3.8, 4) is 22.2 Å². The number of imidazole rings is 1. The molecule has 1 aliphatic carbocycles. The van der Waals surface area contributed by atoms with Crippen LogP contribution in [0.15, 0.2) is 24.7 Å². The second-order valence-corrected chi connectivity index (χ2v) is 9.44. The van der Waals surface area contributed by atoms with Crippen LogP contribution in [0.25, 0.3) is 32.4 Å². The van der Waals surface area contributed by atoms with Gasteiger partial charge in [-0.05, 0) is 45.2 Å². The minimum Gasteiger partial charge on any atom is -0.381 e. The number of methoxy groups -OCH3 is 1. The van der Waals surface area contributed by atoms with Gasteiger partial charge in [-0.3, -0.25) is 4.68 Å². The molecule has 5 rings (SSSR count). The first-order valence-electron chi connectivity index (χ1n) is 10.6. The Kier molecular flexibility index (Phi) is 5.02. The van der Waals surface area contributed by atoms with Crippen molar-refractivity contribution in [2.75, 3.05) is 12.4 Å². The molecule has 4 heterocycles. The molecule has 0 unspecified atom stereocenters. The molecule has 1 saturated carbocycles. The van der Waals surface area contributed by atoms with Gasteiger partial charge in [0.2, 0.25) is 0 Å². The lowest BCUT2D eigenvalue weighted by molar-refractivity contribution is 0.0328. The number of nitrogens with one attached hydrogen (secondary N) is 1. The summed E-state index contributed by atoms with van der Waals surface area (Å²) in [5.74, 6) is 2.25. The van der Waals surface area contributed by atoms with Gasteiger partial charge in [0.25, 0.3) is 0 Å². The molecule has 1 fully saturated rings. The van der Waals surface area contributed by atoms with Crippen molar-refractivity contribution in [3.63, 3.8) is 0 Å². The van der Waals surface area contributed by atoms with Crippen LogP contribution in [0.1, 0.15) is 38.3 Å². The fourth-order valence-electron chi connectivity index (χ4n) is 3.98. The lowest BCUT2D eigenvalue weighted by Gasteiger charge is -2.35. The van der Waals surface area contributed by atoms with Gasteiger partial charge in [0.15, 0.2) is 11.6 Å². The van der Waals surface area contributed by atoms with E-state index in [1.807, 2.05) is 28.7 Å². The number of anilines is 1. The molecule has 0 radical (unpaired) electrons. The van der Waals surface area contributed by atoms with Gasteiger partial charge >= 0.3 is 0 Å². The Labute approximate surface area is 185 Å². The molecular weight excluding hydrogens is 410 g/mol. The monoisotopic (exact) mass is 437 g/mol. The molecule has 0 saturated heterocycles. The van der Waals surface area contributed by atoms with Gasteiger partial charge in [-0.2, -0.15) is 5.10 Å². The van der Waals surface area contributed by atoms with Gasteiger partial charge in [0.1, 0.15) is 16.3 Å². The average molecular weight is 438 g/mol. The van der Waals surface area contributed by atoms with Crippen molar-refractivity contribution in [1.29, 1.82) is 0 Å². The van der Waals surface area contributed by atoms with Gasteiger partial charge < -0.3 is 14.6 Å². The lowest BCUT2D eigenvalue weighted by Crippen LogP contribution is -2.40. The van der Waals surface area contributed by atoms with Crippen LogP contribution in [0.3, 0.4) is 0 Å². The van der Waals surface area contributed by atoms with Crippen LogP contribution in [0.4, 0.5) is 5.82 Å². The molecule has 0 aliphatic heterocycles. The molecule has 31 heavy (non-hydrogen) atoms. The van der Waals surface area contributed by atoms with Crippen molar-refractivity contribution >= 4 is 27.4 Å². The van der Waals surface area contributed by atoms with Crippen molar-refractivity contribution in [1.82, 2.24) is 29.3 Å². The van der Waals surface area contributed by atoms with Crippen molar-refractivity contribution < 1.29 is 4.74 Å². The smallest absolute Gasteiger partial charge is 0.199 e. The maximum atomic E-state index is 5.45. The second-order valence-electron chi connectivity index (χ2n) is 8.44. The molecule has 0 amide bonds. The van der Waals surface area contributed by atoms with Crippen molar-refractivity contribution in [3.05, 3.63) is 30.2 Å². The van der Waals surface area contributed by atoms with E-state index in [1.165, 1.54) is 0 Å². The Morgan fingerprint density at radius 1 is 1.23 bits per heavy atom. The molecule has 4 aromatic rings. The first-order valence-corrected chi connectivity index (χ1v) is 11.4. The van der Waals surface area contributed by atoms with E-state index in [4.69, 9.17) is 19.8 Å². The topological polar surface area (TPSA) is 82.7 Å². The summed E-state index contributed by atoms with van der Waals surface area (Å²) in [5, 5.41) is 9.50. The summed E-state index contributed by atoms with van der Waals surface area (Å²) < 4.78 is 9.39. The fraction of sp³-hybridized carbons (Fsp3) is 0.455. The zero-order valence-electron chi connectivity index (χ0n) is 18.5. The summed E-state index contributed by atoms with van der Waals surface area (Å²) in [6.07, 6.45) is 8.00. The van der Waals surface area contributed by atoms with Crippen LogP contribution in [-0.2, 0) is 11.8 Å². The number of rotatable bonds is 6. The number of hydrogen-bond acceptors (Lipinski definition) is 7. The number of aryl methyl sites for hydroxylation is 2. The molecule has 4 aromatic heterocycles. The third kappa shape index (κ3) is 3.51. The van der Waals surface area contributed by atoms with E-state index < -0.39 is 0 Å². The molecular formula is C22H27N7OS. The molecule has 1 aliphatic rings. The standard InChI is InChI=1S/C22H27N7OS/c1-12(2)29-8-6-16(27-29)18-13(3)17-19(24-14-10-15(11-14)30-5)25-20(26-22(17)31-18)21-23-7-9-28(21)4/h6-9,12,14-15H,10-11H2,1-5H3,(H,24,25,26)/t14-,15+. The Hall–Kier alpha value is -2.78. The van der Waals surface area contributed by atoms with Crippen LogP contribution in [0.2, 0.25) is 0 Å². The predicted molar refractivity (Wildman–Crippen MR) is 123 cm³/mol. The average Bonchev–Trinajstić information content (AvgIpc) is 3.43. The number of thiophene rings is 1. The summed E-state index contributed by atoms with van der Waals surface area (Å²) >= 11 is 1.66. The minimum absolute atomic E-state index is 0.322. The molecule has 9 heteroatoms. The Bertz CT molecular complexity index is 1230. The van der Waals surface area contributed by atoms with Crippen LogP contribution in [-0.4, -0.2) is 48.6 Å². The minimum atomic E-state index is 0.322. The van der Waals surface area contributed by atoms with Gasteiger partial charge in [-0.1, -0.05) is 0 Å². The van der Waals surface area contributed by atoms with Crippen LogP contribution >= 0.6 is 11.3 Å². The quantitative estimate of drug-likeness (QED) is 0.480. The van der Waals surface area contributed by atoms with Crippen molar-refractivity contribution in [2.45, 2.75) is 51.8 Å². The Balaban J connectivity index is 1.62. The normalized spacial score (nSPS) is 18.6. The van der Waals surface area contributed by atoms with E-state index in [-0.39, 0.29) is 0 Å². The molecule has 162 valence electrons. The predicted octanol–water partition coefficient (Wildman–Crippen LogP) is 4.43. The third-order valence-corrected chi connectivity index (χ3v) is 7.16. The van der Waals surface area contributed by atoms with Crippen LogP contribution in [0.5, 0.6) is 0 Å². The van der Waals surface area contributed by atoms with Crippen molar-refractivity contribution in [2.24, 2.45) is 7.05 Å². The van der Waals surface area contributed by atoms with Gasteiger partial charge in [-0.15, -0.1) is 11.3 Å². The summed E-state index contributed by atoms with van der Waals surface area (Å²) in [7, 11) is 3.73. The molecule has 0 atom stereocenters. The Morgan fingerprint density at radius 3 is 2.68 bits per heavy atom. The number of hydrogen-bond donors (Lipinski definition) is 1. The Morgan fingerprint density at radius 2 is 2.03 bits per heavy atom. The van der Waals surface area contributed by atoms with E-state index in [2.05, 4.69) is 37.1 Å². The summed E-state index contributed by atoms with van der Waals surface area (Å²) in [6.45, 7) is 6.40. The fourth-order valence-corrected chi connectivity index (χ4v) is 5.13. The summed E-state index contributed by atoms with van der Waals surface area (Å²) in [5.41, 5.74) is 2.13. The van der Waals surface area contributed by atoms with E-state index >= 15 is 0 Å². The lowest BCUT2D eigenvalue weighted by atomic mass is 9.89. The number of fused-ring (bicyclic) bond motifs is 1. The van der Waals surface area contributed by atoms with Gasteiger partial charge in [0, 0.05) is 44.8 Å².